The average molecular weight is 318 g/mol. The van der Waals surface area contributed by atoms with Crippen molar-refractivity contribution in [3.63, 3.8) is 0 Å². The van der Waals surface area contributed by atoms with Crippen LogP contribution in [0.25, 0.3) is 6.08 Å². The highest BCUT2D eigenvalue weighted by molar-refractivity contribution is 5.96. The molecule has 122 valence electrons. The largest absolute Gasteiger partial charge is 0.480 e. The molecule has 7 heteroatoms. The zero-order valence-corrected chi connectivity index (χ0v) is 12.5. The Morgan fingerprint density at radius 2 is 1.87 bits per heavy atom. The van der Waals surface area contributed by atoms with E-state index in [0.29, 0.717) is 18.4 Å². The van der Waals surface area contributed by atoms with Crippen LogP contribution in [0.3, 0.4) is 0 Å². The predicted molar refractivity (Wildman–Crippen MR) is 83.7 cm³/mol. The van der Waals surface area contributed by atoms with Crippen LogP contribution in [0.5, 0.6) is 0 Å². The molecule has 1 aliphatic rings. The molecule has 1 aromatic rings. The third-order valence-corrected chi connectivity index (χ3v) is 4.03. The lowest BCUT2D eigenvalue weighted by atomic mass is 9.81. The number of nitro benzene ring substituents is 1. The average Bonchev–Trinajstić information content (AvgIpc) is 2.54. The van der Waals surface area contributed by atoms with Gasteiger partial charge >= 0.3 is 5.97 Å². The number of amides is 1. The lowest BCUT2D eigenvalue weighted by Gasteiger charge is -2.33. The van der Waals surface area contributed by atoms with E-state index in [4.69, 9.17) is 0 Å². The fourth-order valence-corrected chi connectivity index (χ4v) is 2.79. The molecular weight excluding hydrogens is 300 g/mol. The molecule has 1 aliphatic carbocycles. The second-order valence-corrected chi connectivity index (χ2v) is 5.59. The van der Waals surface area contributed by atoms with Gasteiger partial charge in [0.05, 0.1) is 10.5 Å². The number of rotatable bonds is 5. The first-order chi connectivity index (χ1) is 10.9. The monoisotopic (exact) mass is 318 g/mol. The standard InChI is InChI=1S/C16H18N2O5/c19-14(17-16(15(20)21)10-4-1-5-11-16)9-8-12-6-2-3-7-13(12)18(22)23/h2-3,6-9H,1,4-5,10-11H2,(H,17,19)(H,20,21). The summed E-state index contributed by atoms with van der Waals surface area (Å²) in [5, 5.41) is 22.9. The Hall–Kier alpha value is -2.70. The number of nitro groups is 1. The molecule has 2 rings (SSSR count). The van der Waals surface area contributed by atoms with Crippen LogP contribution in [0.15, 0.2) is 30.3 Å². The topological polar surface area (TPSA) is 110 Å². The highest BCUT2D eigenvalue weighted by Crippen LogP contribution is 2.28. The smallest absolute Gasteiger partial charge is 0.329 e. The van der Waals surface area contributed by atoms with E-state index < -0.39 is 22.3 Å². The Morgan fingerprint density at radius 1 is 1.22 bits per heavy atom. The molecular formula is C16H18N2O5. The van der Waals surface area contributed by atoms with Crippen molar-refractivity contribution in [2.75, 3.05) is 0 Å². The van der Waals surface area contributed by atoms with Crippen molar-refractivity contribution >= 4 is 23.6 Å². The van der Waals surface area contributed by atoms with E-state index in [2.05, 4.69) is 5.32 Å². The van der Waals surface area contributed by atoms with Crippen LogP contribution < -0.4 is 5.32 Å². The number of hydrogen-bond donors (Lipinski definition) is 2. The number of carboxylic acid groups (broad SMARTS) is 1. The fraction of sp³-hybridized carbons (Fsp3) is 0.375. The molecule has 1 aromatic carbocycles. The lowest BCUT2D eigenvalue weighted by Crippen LogP contribution is -2.55. The molecule has 1 fully saturated rings. The van der Waals surface area contributed by atoms with Gasteiger partial charge in [0.25, 0.3) is 5.69 Å². The van der Waals surface area contributed by atoms with Gasteiger partial charge in [0.15, 0.2) is 0 Å². The van der Waals surface area contributed by atoms with Gasteiger partial charge < -0.3 is 10.4 Å². The number of carboxylic acids is 1. The Bertz CT molecular complexity index is 648. The third kappa shape index (κ3) is 3.94. The van der Waals surface area contributed by atoms with Gasteiger partial charge in [-0.1, -0.05) is 31.4 Å². The van der Waals surface area contributed by atoms with Gasteiger partial charge in [0, 0.05) is 12.1 Å². The zero-order chi connectivity index (χ0) is 16.9. The number of nitrogens with one attached hydrogen (secondary N) is 1. The van der Waals surface area contributed by atoms with E-state index in [9.17, 15) is 24.8 Å². The molecule has 0 saturated heterocycles. The van der Waals surface area contributed by atoms with Gasteiger partial charge in [0.2, 0.25) is 5.91 Å². The second kappa shape index (κ2) is 7.04. The fourth-order valence-electron chi connectivity index (χ4n) is 2.79. The van der Waals surface area contributed by atoms with Crippen LogP contribution in [0, 0.1) is 10.1 Å². The molecule has 0 bridgehead atoms. The van der Waals surface area contributed by atoms with E-state index in [1.807, 2.05) is 0 Å². The quantitative estimate of drug-likeness (QED) is 0.492. The van der Waals surface area contributed by atoms with E-state index in [1.165, 1.54) is 24.3 Å². The summed E-state index contributed by atoms with van der Waals surface area (Å²) >= 11 is 0. The maximum absolute atomic E-state index is 12.0. The summed E-state index contributed by atoms with van der Waals surface area (Å²) in [7, 11) is 0. The normalized spacial score (nSPS) is 16.9. The van der Waals surface area contributed by atoms with Crippen LogP contribution in [-0.4, -0.2) is 27.4 Å². The van der Waals surface area contributed by atoms with Crippen LogP contribution >= 0.6 is 0 Å². The molecule has 0 aliphatic heterocycles. The minimum Gasteiger partial charge on any atom is -0.480 e. The summed E-state index contributed by atoms with van der Waals surface area (Å²) in [6.45, 7) is 0. The number of nitrogens with zero attached hydrogens (tertiary/aromatic N) is 1. The SMILES string of the molecule is O=C(C=Cc1ccccc1[N+](=O)[O-])NC1(C(=O)O)CCCCC1. The number of benzene rings is 1. The van der Waals surface area contributed by atoms with Crippen molar-refractivity contribution in [2.45, 2.75) is 37.6 Å². The van der Waals surface area contributed by atoms with Gasteiger partial charge in [-0.25, -0.2) is 4.79 Å². The van der Waals surface area contributed by atoms with Gasteiger partial charge in [-0.2, -0.15) is 0 Å². The zero-order valence-electron chi connectivity index (χ0n) is 12.5. The Morgan fingerprint density at radius 3 is 2.48 bits per heavy atom. The van der Waals surface area contributed by atoms with E-state index >= 15 is 0 Å². The summed E-state index contributed by atoms with van der Waals surface area (Å²) in [4.78, 5) is 33.9. The Labute approximate surface area is 133 Å². The van der Waals surface area contributed by atoms with Gasteiger partial charge in [-0.15, -0.1) is 0 Å². The van der Waals surface area contributed by atoms with Gasteiger partial charge in [-0.3, -0.25) is 14.9 Å². The van der Waals surface area contributed by atoms with Gasteiger partial charge in [0.1, 0.15) is 5.54 Å². The Balaban J connectivity index is 2.12. The second-order valence-electron chi connectivity index (χ2n) is 5.59. The molecule has 7 nitrogen and oxygen atoms in total. The lowest BCUT2D eigenvalue weighted by molar-refractivity contribution is -0.385. The number of para-hydroxylation sites is 1. The van der Waals surface area contributed by atoms with Crippen LogP contribution in [-0.2, 0) is 9.59 Å². The molecule has 2 N–H and O–H groups in total. The number of carbonyl (C=O) groups excluding carboxylic acids is 1. The highest BCUT2D eigenvalue weighted by Gasteiger charge is 2.40. The van der Waals surface area contributed by atoms with Crippen molar-refractivity contribution in [3.8, 4) is 0 Å². The summed E-state index contributed by atoms with van der Waals surface area (Å²) in [5.41, 5.74) is -1.05. The highest BCUT2D eigenvalue weighted by atomic mass is 16.6. The molecule has 1 saturated carbocycles. The van der Waals surface area contributed by atoms with Crippen LogP contribution in [0.1, 0.15) is 37.7 Å². The molecule has 0 atom stereocenters. The van der Waals surface area contributed by atoms with Crippen LogP contribution in [0.4, 0.5) is 5.69 Å². The summed E-state index contributed by atoms with van der Waals surface area (Å²) in [5.74, 6) is -1.60. The summed E-state index contributed by atoms with van der Waals surface area (Å²) < 4.78 is 0. The van der Waals surface area contributed by atoms with Crippen molar-refractivity contribution < 1.29 is 19.6 Å². The maximum atomic E-state index is 12.0. The van der Waals surface area contributed by atoms with Crippen molar-refractivity contribution in [3.05, 3.63) is 46.0 Å². The van der Waals surface area contributed by atoms with E-state index in [-0.39, 0.29) is 5.69 Å². The Kier molecular flexibility index (Phi) is 5.10. The molecule has 0 radical (unpaired) electrons. The van der Waals surface area contributed by atoms with E-state index in [0.717, 1.165) is 25.3 Å². The molecule has 0 heterocycles. The maximum Gasteiger partial charge on any atom is 0.329 e. The van der Waals surface area contributed by atoms with Crippen molar-refractivity contribution in [1.29, 1.82) is 0 Å². The molecule has 0 unspecified atom stereocenters. The minimum absolute atomic E-state index is 0.109. The van der Waals surface area contributed by atoms with Gasteiger partial charge in [-0.05, 0) is 25.0 Å². The summed E-state index contributed by atoms with van der Waals surface area (Å²) in [6, 6.07) is 6.04. The van der Waals surface area contributed by atoms with Crippen molar-refractivity contribution in [1.82, 2.24) is 5.32 Å². The predicted octanol–water partition coefficient (Wildman–Crippen LogP) is 2.51. The summed E-state index contributed by atoms with van der Waals surface area (Å²) in [6.07, 6.45) is 5.71. The van der Waals surface area contributed by atoms with Crippen LogP contribution in [0.2, 0.25) is 0 Å². The van der Waals surface area contributed by atoms with Crippen molar-refractivity contribution in [2.24, 2.45) is 0 Å². The first-order valence-electron chi connectivity index (χ1n) is 7.42. The molecule has 23 heavy (non-hydrogen) atoms. The van der Waals surface area contributed by atoms with E-state index in [1.54, 1.807) is 6.07 Å². The minimum atomic E-state index is -1.23. The molecule has 1 amide bonds. The molecule has 0 spiro atoms. The first-order valence-corrected chi connectivity index (χ1v) is 7.42. The first kappa shape index (κ1) is 16.7. The number of hydrogen-bond acceptors (Lipinski definition) is 4. The number of aliphatic carboxylic acids is 1. The number of carbonyl (C=O) groups is 2. The molecule has 0 aromatic heterocycles. The third-order valence-electron chi connectivity index (χ3n) is 4.03.